The number of pyridine rings is 1. The Labute approximate surface area is 208 Å². The summed E-state index contributed by atoms with van der Waals surface area (Å²) in [7, 11) is 1.57. The van der Waals surface area contributed by atoms with Crippen LogP contribution in [0.25, 0.3) is 17.1 Å². The van der Waals surface area contributed by atoms with Crippen molar-refractivity contribution in [2.24, 2.45) is 0 Å². The Morgan fingerprint density at radius 1 is 1.03 bits per heavy atom. The number of carbonyl (C=O) groups excluding carboxylic acids is 1. The Kier molecular flexibility index (Phi) is 6.48. The molecule has 36 heavy (non-hydrogen) atoms. The molecule has 5 rings (SSSR count). The lowest BCUT2D eigenvalue weighted by atomic mass is 10.2. The molecule has 5 aromatic rings. The lowest BCUT2D eigenvalue weighted by molar-refractivity contribution is 0.102. The molecule has 1 amide bonds. The summed E-state index contributed by atoms with van der Waals surface area (Å²) in [4.78, 5) is 17.5. The third kappa shape index (κ3) is 4.97. The molecule has 1 N–H and O–H groups in total. The van der Waals surface area contributed by atoms with Gasteiger partial charge in [-0.05, 0) is 49.4 Å². The Hall–Kier alpha value is -4.85. The van der Waals surface area contributed by atoms with E-state index in [-0.39, 0.29) is 5.91 Å². The van der Waals surface area contributed by atoms with E-state index in [0.717, 1.165) is 17.0 Å². The second-order valence-corrected chi connectivity index (χ2v) is 8.05. The maximum Gasteiger partial charge on any atom is 0.259 e. The van der Waals surface area contributed by atoms with E-state index in [1.165, 1.54) is 0 Å². The molecule has 0 atom stereocenters. The van der Waals surface area contributed by atoms with Gasteiger partial charge in [-0.15, -0.1) is 0 Å². The van der Waals surface area contributed by atoms with Crippen LogP contribution < -0.4 is 14.8 Å². The fourth-order valence-electron chi connectivity index (χ4n) is 3.71. The molecule has 0 saturated carbocycles. The van der Waals surface area contributed by atoms with Gasteiger partial charge in [-0.25, -0.2) is 4.68 Å². The molecule has 2 aromatic carbocycles. The summed E-state index contributed by atoms with van der Waals surface area (Å²) in [6.07, 6.45) is 5.14. The smallest absolute Gasteiger partial charge is 0.259 e. The highest BCUT2D eigenvalue weighted by Crippen LogP contribution is 2.32. The molecule has 0 aliphatic heterocycles. The van der Waals surface area contributed by atoms with E-state index in [0.29, 0.717) is 40.8 Å². The molecule has 0 fully saturated rings. The van der Waals surface area contributed by atoms with E-state index in [4.69, 9.17) is 13.9 Å². The molecule has 8 heteroatoms. The van der Waals surface area contributed by atoms with Crippen molar-refractivity contribution < 1.29 is 18.7 Å². The van der Waals surface area contributed by atoms with Gasteiger partial charge in [0.05, 0.1) is 18.4 Å². The SMILES string of the molecule is COc1ccc(NC(=O)c2cn(-c3ccccc3)nc2-c2ccc(C)o2)cc1OCc1cccnc1. The molecule has 0 aliphatic rings. The minimum atomic E-state index is -0.329. The normalized spacial score (nSPS) is 10.7. The van der Waals surface area contributed by atoms with E-state index in [1.807, 2.05) is 61.5 Å². The van der Waals surface area contributed by atoms with E-state index in [2.05, 4.69) is 15.4 Å². The number of hydrogen-bond donors (Lipinski definition) is 1. The number of para-hydroxylation sites is 1. The minimum absolute atomic E-state index is 0.313. The first kappa shape index (κ1) is 22.9. The van der Waals surface area contributed by atoms with Gasteiger partial charge < -0.3 is 19.2 Å². The molecule has 0 saturated heterocycles. The van der Waals surface area contributed by atoms with Crippen molar-refractivity contribution in [1.29, 1.82) is 0 Å². The fourth-order valence-corrected chi connectivity index (χ4v) is 3.71. The largest absolute Gasteiger partial charge is 0.493 e. The number of aromatic nitrogens is 3. The highest BCUT2D eigenvalue weighted by Gasteiger charge is 2.21. The third-order valence-electron chi connectivity index (χ3n) is 5.49. The van der Waals surface area contributed by atoms with Gasteiger partial charge in [0.25, 0.3) is 5.91 Å². The number of nitrogens with one attached hydrogen (secondary N) is 1. The van der Waals surface area contributed by atoms with Crippen LogP contribution in [-0.2, 0) is 6.61 Å². The number of aryl methyl sites for hydroxylation is 1. The van der Waals surface area contributed by atoms with Crippen LogP contribution in [0.5, 0.6) is 11.5 Å². The van der Waals surface area contributed by atoms with Crippen LogP contribution in [0.2, 0.25) is 0 Å². The first-order chi connectivity index (χ1) is 17.6. The standard InChI is InChI=1S/C28H24N4O4/c1-19-10-12-25(36-19)27-23(17-32(31-27)22-8-4-3-5-9-22)28(33)30-21-11-13-24(34-2)26(15-21)35-18-20-7-6-14-29-16-20/h3-17H,18H2,1-2H3,(H,30,33). The summed E-state index contributed by atoms with van der Waals surface area (Å²) >= 11 is 0. The van der Waals surface area contributed by atoms with Gasteiger partial charge in [-0.2, -0.15) is 5.10 Å². The van der Waals surface area contributed by atoms with Crippen molar-refractivity contribution in [3.8, 4) is 28.6 Å². The zero-order chi connectivity index (χ0) is 24.9. The summed E-state index contributed by atoms with van der Waals surface area (Å²) in [6, 6.07) is 22.2. The van der Waals surface area contributed by atoms with E-state index >= 15 is 0 Å². The molecule has 0 spiro atoms. The van der Waals surface area contributed by atoms with E-state index in [1.54, 1.807) is 48.6 Å². The van der Waals surface area contributed by atoms with Gasteiger partial charge in [0.2, 0.25) is 0 Å². The fraction of sp³-hybridized carbons (Fsp3) is 0.107. The average molecular weight is 481 g/mol. The van der Waals surface area contributed by atoms with Gasteiger partial charge in [0.1, 0.15) is 18.1 Å². The maximum absolute atomic E-state index is 13.4. The minimum Gasteiger partial charge on any atom is -0.493 e. The molecule has 3 aromatic heterocycles. The molecule has 0 unspecified atom stereocenters. The number of methoxy groups -OCH3 is 1. The number of ether oxygens (including phenoxy) is 2. The average Bonchev–Trinajstić information content (AvgIpc) is 3.55. The summed E-state index contributed by atoms with van der Waals surface area (Å²) in [5, 5.41) is 7.59. The predicted octanol–water partition coefficient (Wildman–Crippen LogP) is 5.68. The number of hydrogen-bond acceptors (Lipinski definition) is 6. The number of anilines is 1. The molecule has 180 valence electrons. The number of rotatable bonds is 8. The zero-order valence-electron chi connectivity index (χ0n) is 19.8. The quantitative estimate of drug-likeness (QED) is 0.307. The number of furan rings is 1. The van der Waals surface area contributed by atoms with E-state index < -0.39 is 0 Å². The Morgan fingerprint density at radius 2 is 1.89 bits per heavy atom. The first-order valence-electron chi connectivity index (χ1n) is 11.3. The van der Waals surface area contributed by atoms with Gasteiger partial charge in [0.15, 0.2) is 17.3 Å². The van der Waals surface area contributed by atoms with Gasteiger partial charge >= 0.3 is 0 Å². The molecular weight excluding hydrogens is 456 g/mol. The van der Waals surface area contributed by atoms with Crippen LogP contribution in [0.3, 0.4) is 0 Å². The van der Waals surface area contributed by atoms with Crippen molar-refractivity contribution in [2.75, 3.05) is 12.4 Å². The summed E-state index contributed by atoms with van der Waals surface area (Å²) in [5.41, 5.74) is 3.13. The van der Waals surface area contributed by atoms with Crippen molar-refractivity contribution >= 4 is 11.6 Å². The molecule has 8 nitrogen and oxygen atoms in total. The number of benzene rings is 2. The number of amides is 1. The van der Waals surface area contributed by atoms with Crippen LogP contribution in [0.4, 0.5) is 5.69 Å². The van der Waals surface area contributed by atoms with Crippen LogP contribution in [0.15, 0.2) is 95.8 Å². The van der Waals surface area contributed by atoms with Crippen LogP contribution in [-0.4, -0.2) is 27.8 Å². The molecular formula is C28H24N4O4. The lowest BCUT2D eigenvalue weighted by Crippen LogP contribution is -2.12. The van der Waals surface area contributed by atoms with Gasteiger partial charge in [0, 0.05) is 35.9 Å². The molecule has 0 bridgehead atoms. The van der Waals surface area contributed by atoms with Crippen molar-refractivity contribution in [1.82, 2.24) is 14.8 Å². The Morgan fingerprint density at radius 3 is 2.61 bits per heavy atom. The maximum atomic E-state index is 13.4. The lowest BCUT2D eigenvalue weighted by Gasteiger charge is -2.13. The Balaban J connectivity index is 1.43. The second-order valence-electron chi connectivity index (χ2n) is 8.05. The number of carbonyl (C=O) groups is 1. The molecule has 3 heterocycles. The summed E-state index contributed by atoms with van der Waals surface area (Å²) < 4.78 is 18.8. The topological polar surface area (TPSA) is 91.4 Å². The molecule has 0 radical (unpaired) electrons. The van der Waals surface area contributed by atoms with Crippen LogP contribution in [0, 0.1) is 6.92 Å². The van der Waals surface area contributed by atoms with Crippen molar-refractivity contribution in [2.45, 2.75) is 13.5 Å². The third-order valence-corrected chi connectivity index (χ3v) is 5.49. The second kappa shape index (κ2) is 10.2. The highest BCUT2D eigenvalue weighted by molar-refractivity contribution is 6.08. The monoisotopic (exact) mass is 480 g/mol. The van der Waals surface area contributed by atoms with Gasteiger partial charge in [-0.1, -0.05) is 24.3 Å². The van der Waals surface area contributed by atoms with E-state index in [9.17, 15) is 4.79 Å². The van der Waals surface area contributed by atoms with Crippen molar-refractivity contribution in [3.05, 3.63) is 108 Å². The number of nitrogens with zero attached hydrogens (tertiary/aromatic N) is 3. The van der Waals surface area contributed by atoms with Crippen LogP contribution in [0.1, 0.15) is 21.7 Å². The Bertz CT molecular complexity index is 1480. The molecule has 0 aliphatic carbocycles. The summed E-state index contributed by atoms with van der Waals surface area (Å²) in [5.74, 6) is 1.98. The van der Waals surface area contributed by atoms with Crippen LogP contribution >= 0.6 is 0 Å². The first-order valence-corrected chi connectivity index (χ1v) is 11.3. The van der Waals surface area contributed by atoms with Gasteiger partial charge in [-0.3, -0.25) is 9.78 Å². The predicted molar refractivity (Wildman–Crippen MR) is 136 cm³/mol. The summed E-state index contributed by atoms with van der Waals surface area (Å²) in [6.45, 7) is 2.16. The van der Waals surface area contributed by atoms with Crippen molar-refractivity contribution in [3.63, 3.8) is 0 Å². The zero-order valence-corrected chi connectivity index (χ0v) is 19.8. The highest BCUT2D eigenvalue weighted by atomic mass is 16.5.